The second-order valence-corrected chi connectivity index (χ2v) is 4.78. The fourth-order valence-corrected chi connectivity index (χ4v) is 2.22. The molecule has 0 amide bonds. The summed E-state index contributed by atoms with van der Waals surface area (Å²) in [6.07, 6.45) is 1.00. The number of benzene rings is 2. The summed E-state index contributed by atoms with van der Waals surface area (Å²) in [6, 6.07) is 29.3. The van der Waals surface area contributed by atoms with E-state index in [1.165, 1.54) is 21.5 Å². The van der Waals surface area contributed by atoms with Crippen molar-refractivity contribution in [2.45, 2.75) is 13.3 Å². The summed E-state index contributed by atoms with van der Waals surface area (Å²) in [5.41, 5.74) is 0. The van der Waals surface area contributed by atoms with Gasteiger partial charge in [-0.05, 0) is 0 Å². The predicted octanol–water partition coefficient (Wildman–Crippen LogP) is 7.25. The van der Waals surface area contributed by atoms with Crippen LogP contribution in [0, 0.1) is 21.8 Å². The zero-order valence-corrected chi connectivity index (χ0v) is 18.6. The number of hydrogen-bond acceptors (Lipinski definition) is 0. The Morgan fingerprint density at radius 1 is 0.750 bits per heavy atom. The van der Waals surface area contributed by atoms with E-state index in [1.807, 2.05) is 37.3 Å². The molecule has 0 aliphatic carbocycles. The Kier molecular flexibility index (Phi) is 14.4. The molecule has 4 aromatic rings. The van der Waals surface area contributed by atoms with Gasteiger partial charge in [-0.15, -0.1) is 39.7 Å². The second kappa shape index (κ2) is 13.9. The molecule has 0 unspecified atom stereocenters. The van der Waals surface area contributed by atoms with E-state index in [-0.39, 0.29) is 40.7 Å². The molecule has 0 aromatic heterocycles. The second-order valence-electron chi connectivity index (χ2n) is 4.78. The SMILES string of the molecule is [CH2-]CC.[CH3-].[CH3-].[Hf].c1cc[cH-]c1.c1ccc2c(c1)[cH-]c1ccccc12. The summed E-state index contributed by atoms with van der Waals surface area (Å²) in [5, 5.41) is 5.39. The molecular weight excluding hydrogens is 455 g/mol. The molecule has 4 aromatic carbocycles. The monoisotopic (exact) mass is 483 g/mol. The fourth-order valence-electron chi connectivity index (χ4n) is 2.22. The van der Waals surface area contributed by atoms with Gasteiger partial charge in [0.2, 0.25) is 0 Å². The van der Waals surface area contributed by atoms with Crippen molar-refractivity contribution in [1.82, 2.24) is 0 Å². The summed E-state index contributed by atoms with van der Waals surface area (Å²) in [6.45, 7) is 5.50. The van der Waals surface area contributed by atoms with Gasteiger partial charge in [0.15, 0.2) is 0 Å². The van der Waals surface area contributed by atoms with Crippen LogP contribution in [0.25, 0.3) is 21.5 Å². The summed E-state index contributed by atoms with van der Waals surface area (Å²) in [4.78, 5) is 0. The van der Waals surface area contributed by atoms with Crippen molar-refractivity contribution in [2.75, 3.05) is 0 Å². The van der Waals surface area contributed by atoms with Crippen LogP contribution in [0.1, 0.15) is 13.3 Å². The van der Waals surface area contributed by atoms with Crippen LogP contribution >= 0.6 is 0 Å². The van der Waals surface area contributed by atoms with Gasteiger partial charge >= 0.3 is 0 Å². The molecule has 128 valence electrons. The predicted molar refractivity (Wildman–Crippen MR) is 108 cm³/mol. The molecule has 0 aliphatic rings. The molecule has 0 spiro atoms. The van der Waals surface area contributed by atoms with Crippen LogP contribution < -0.4 is 0 Å². The Labute approximate surface area is 167 Å². The van der Waals surface area contributed by atoms with Crippen LogP contribution in [-0.4, -0.2) is 0 Å². The van der Waals surface area contributed by atoms with Crippen molar-refractivity contribution < 1.29 is 25.8 Å². The Morgan fingerprint density at radius 3 is 1.46 bits per heavy atom. The smallest absolute Gasteiger partial charge is 0 e. The van der Waals surface area contributed by atoms with Crippen molar-refractivity contribution in [2.24, 2.45) is 0 Å². The van der Waals surface area contributed by atoms with Gasteiger partial charge in [-0.2, -0.15) is 24.6 Å². The first-order valence-corrected chi connectivity index (χ1v) is 7.36. The van der Waals surface area contributed by atoms with Gasteiger partial charge in [0.25, 0.3) is 0 Å². The minimum Gasteiger partial charge on any atom is -0.358 e. The van der Waals surface area contributed by atoms with Crippen LogP contribution in [0.4, 0.5) is 0 Å². The molecule has 0 radical (unpaired) electrons. The maximum Gasteiger partial charge on any atom is 0 e. The van der Waals surface area contributed by atoms with Crippen LogP contribution in [0.5, 0.6) is 0 Å². The van der Waals surface area contributed by atoms with Gasteiger partial charge in [0.1, 0.15) is 0 Å². The zero-order chi connectivity index (χ0) is 14.9. The Balaban J connectivity index is 0. The number of hydrogen-bond donors (Lipinski definition) is 0. The Morgan fingerprint density at radius 2 is 1.12 bits per heavy atom. The molecule has 0 atom stereocenters. The third kappa shape index (κ3) is 6.97. The van der Waals surface area contributed by atoms with Crippen molar-refractivity contribution in [3.05, 3.63) is 107 Å². The van der Waals surface area contributed by atoms with E-state index < -0.39 is 0 Å². The normalized spacial score (nSPS) is 8.42. The van der Waals surface area contributed by atoms with Crippen molar-refractivity contribution >= 4 is 21.5 Å². The third-order valence-corrected chi connectivity index (χ3v) is 3.08. The van der Waals surface area contributed by atoms with Gasteiger partial charge in [-0.1, -0.05) is 43.3 Å². The molecule has 0 bridgehead atoms. The minimum absolute atomic E-state index is 0. The van der Waals surface area contributed by atoms with E-state index in [9.17, 15) is 0 Å². The molecule has 1 heteroatoms. The van der Waals surface area contributed by atoms with Crippen LogP contribution in [0.2, 0.25) is 0 Å². The standard InChI is InChI=1S/C13H9.C5H5.C3H7.2CH3.Hf/c1-3-7-12-10(5-1)9-11-6-2-4-8-13(11)12;1-2-4-5-3-1;1-3-2;;;/h1-9H;1-5H;1,3H2,2H3;2*1H3;/q5*-1;. The average molecular weight is 482 g/mol. The molecule has 0 aliphatic heterocycles. The summed E-state index contributed by atoms with van der Waals surface area (Å²) >= 11 is 0. The first kappa shape index (κ1) is 24.8. The van der Waals surface area contributed by atoms with E-state index in [0.29, 0.717) is 0 Å². The topological polar surface area (TPSA) is 0 Å². The molecule has 0 nitrogen and oxygen atoms in total. The quantitative estimate of drug-likeness (QED) is 0.183. The maximum absolute atomic E-state index is 3.49. The third-order valence-electron chi connectivity index (χ3n) is 3.08. The van der Waals surface area contributed by atoms with Crippen molar-refractivity contribution in [1.29, 1.82) is 0 Å². The number of rotatable bonds is 0. The van der Waals surface area contributed by atoms with E-state index in [2.05, 4.69) is 61.5 Å². The maximum atomic E-state index is 3.49. The van der Waals surface area contributed by atoms with Gasteiger partial charge in [0, 0.05) is 25.8 Å². The molecule has 0 saturated carbocycles. The van der Waals surface area contributed by atoms with E-state index >= 15 is 0 Å². The van der Waals surface area contributed by atoms with E-state index in [4.69, 9.17) is 0 Å². The van der Waals surface area contributed by atoms with Crippen molar-refractivity contribution in [3.8, 4) is 0 Å². The van der Waals surface area contributed by atoms with Gasteiger partial charge < -0.3 is 21.8 Å². The fraction of sp³-hybridized carbons (Fsp3) is 0.0870. The van der Waals surface area contributed by atoms with Crippen molar-refractivity contribution in [3.63, 3.8) is 0 Å². The first-order valence-electron chi connectivity index (χ1n) is 7.36. The molecule has 0 saturated heterocycles. The average Bonchev–Trinajstić information content (AvgIpc) is 3.19. The molecule has 0 fully saturated rings. The first-order chi connectivity index (χ1) is 10.4. The summed E-state index contributed by atoms with van der Waals surface area (Å²) < 4.78 is 0. The van der Waals surface area contributed by atoms with Crippen LogP contribution in [-0.2, 0) is 25.8 Å². The molecular formula is C23H27Hf-5. The Bertz CT molecular complexity index is 680. The minimum atomic E-state index is 0. The molecule has 24 heavy (non-hydrogen) atoms. The molecule has 0 heterocycles. The van der Waals surface area contributed by atoms with Gasteiger partial charge in [-0.3, -0.25) is 0 Å². The zero-order valence-electron chi connectivity index (χ0n) is 15.0. The van der Waals surface area contributed by atoms with Gasteiger partial charge in [-0.25, -0.2) is 12.1 Å². The van der Waals surface area contributed by atoms with Crippen LogP contribution in [0.15, 0.2) is 84.9 Å². The van der Waals surface area contributed by atoms with E-state index in [1.54, 1.807) is 0 Å². The molecule has 0 N–H and O–H groups in total. The summed E-state index contributed by atoms with van der Waals surface area (Å²) in [7, 11) is 0. The van der Waals surface area contributed by atoms with Crippen LogP contribution in [0.3, 0.4) is 0 Å². The Hall–Kier alpha value is -1.47. The number of fused-ring (bicyclic) bond motifs is 3. The van der Waals surface area contributed by atoms with E-state index in [0.717, 1.165) is 6.42 Å². The van der Waals surface area contributed by atoms with Gasteiger partial charge in [0.05, 0.1) is 0 Å². The largest absolute Gasteiger partial charge is 0.358 e. The summed E-state index contributed by atoms with van der Waals surface area (Å²) in [5.74, 6) is 0. The molecule has 4 rings (SSSR count).